The number of hydrogen-bond acceptors (Lipinski definition) is 1. The number of rotatable bonds is 2. The lowest BCUT2D eigenvalue weighted by molar-refractivity contribution is -0.843. The van der Waals surface area contributed by atoms with Gasteiger partial charge in [-0.1, -0.05) is 25.7 Å². The Morgan fingerprint density at radius 3 is 2.00 bits per heavy atom. The van der Waals surface area contributed by atoms with Crippen LogP contribution in [0.2, 0.25) is 0 Å². The second kappa shape index (κ2) is 4.24. The van der Waals surface area contributed by atoms with Gasteiger partial charge < -0.3 is 9.85 Å². The van der Waals surface area contributed by atoms with Crippen molar-refractivity contribution in [3.8, 4) is 0 Å². The molecule has 0 radical (unpaired) electrons. The molecule has 0 aromatic rings. The molecule has 72 valence electrons. The number of nitrogens with zero attached hydrogens (tertiary/aromatic N) is 1. The zero-order valence-electron chi connectivity index (χ0n) is 8.38. The number of hydrogen-bond donors (Lipinski definition) is 0. The number of hydroxylamine groups is 3. The van der Waals surface area contributed by atoms with E-state index >= 15 is 0 Å². The zero-order chi connectivity index (χ0) is 9.03. The normalized spacial score (nSPS) is 22.2. The summed E-state index contributed by atoms with van der Waals surface area (Å²) < 4.78 is -0.106. The molecule has 0 amide bonds. The average Bonchev–Trinajstić information content (AvgIpc) is 2.12. The van der Waals surface area contributed by atoms with E-state index in [1.165, 1.54) is 38.5 Å². The van der Waals surface area contributed by atoms with Crippen LogP contribution in [0.3, 0.4) is 0 Å². The van der Waals surface area contributed by atoms with Crippen molar-refractivity contribution in [2.24, 2.45) is 5.92 Å². The maximum absolute atomic E-state index is 11.4. The molecule has 1 saturated carbocycles. The van der Waals surface area contributed by atoms with Gasteiger partial charge in [-0.25, -0.2) is 0 Å². The quantitative estimate of drug-likeness (QED) is 0.356. The highest BCUT2D eigenvalue weighted by molar-refractivity contribution is 4.63. The third-order valence-electron chi connectivity index (χ3n) is 2.67. The van der Waals surface area contributed by atoms with Gasteiger partial charge in [-0.2, -0.15) is 0 Å². The fourth-order valence-corrected chi connectivity index (χ4v) is 2.17. The van der Waals surface area contributed by atoms with Gasteiger partial charge in [0.15, 0.2) is 0 Å². The van der Waals surface area contributed by atoms with Crippen LogP contribution >= 0.6 is 0 Å². The predicted molar refractivity (Wildman–Crippen MR) is 51.5 cm³/mol. The molecule has 1 aliphatic carbocycles. The Hall–Kier alpha value is -0.0800. The third kappa shape index (κ3) is 4.07. The van der Waals surface area contributed by atoms with Crippen LogP contribution in [-0.2, 0) is 0 Å². The first kappa shape index (κ1) is 10.0. The van der Waals surface area contributed by atoms with Crippen molar-refractivity contribution in [1.82, 2.24) is 0 Å². The zero-order valence-corrected chi connectivity index (χ0v) is 8.38. The SMILES string of the molecule is C[N+](C)([O-])CC1CCCCCC1. The molecule has 0 aromatic heterocycles. The first-order chi connectivity index (χ1) is 5.58. The van der Waals surface area contributed by atoms with Gasteiger partial charge in [-0.15, -0.1) is 0 Å². The maximum Gasteiger partial charge on any atom is 0.0808 e. The highest BCUT2D eigenvalue weighted by Crippen LogP contribution is 2.24. The summed E-state index contributed by atoms with van der Waals surface area (Å²) in [5.41, 5.74) is 0. The number of quaternary nitrogens is 1. The summed E-state index contributed by atoms with van der Waals surface area (Å²) in [4.78, 5) is 0. The van der Waals surface area contributed by atoms with Crippen molar-refractivity contribution < 1.29 is 4.65 Å². The molecule has 2 heteroatoms. The van der Waals surface area contributed by atoms with Crippen molar-refractivity contribution in [3.63, 3.8) is 0 Å². The molecule has 0 bridgehead atoms. The van der Waals surface area contributed by atoms with E-state index in [0.29, 0.717) is 5.92 Å². The molecule has 2 nitrogen and oxygen atoms in total. The second-order valence-corrected chi connectivity index (χ2v) is 4.61. The van der Waals surface area contributed by atoms with Crippen molar-refractivity contribution in [3.05, 3.63) is 5.21 Å². The minimum atomic E-state index is -0.106. The molecule has 0 heterocycles. The van der Waals surface area contributed by atoms with Crippen molar-refractivity contribution in [2.75, 3.05) is 20.6 Å². The molecular weight excluding hydrogens is 150 g/mol. The largest absolute Gasteiger partial charge is 0.633 e. The van der Waals surface area contributed by atoms with E-state index in [1.54, 1.807) is 14.1 Å². The molecule has 0 aromatic carbocycles. The van der Waals surface area contributed by atoms with Gasteiger partial charge >= 0.3 is 0 Å². The fourth-order valence-electron chi connectivity index (χ4n) is 2.17. The second-order valence-electron chi connectivity index (χ2n) is 4.61. The van der Waals surface area contributed by atoms with Gasteiger partial charge in [0.25, 0.3) is 0 Å². The van der Waals surface area contributed by atoms with Crippen molar-refractivity contribution >= 4 is 0 Å². The highest BCUT2D eigenvalue weighted by atomic mass is 16.5. The lowest BCUT2D eigenvalue weighted by Gasteiger charge is -2.36. The summed E-state index contributed by atoms with van der Waals surface area (Å²) in [5, 5.41) is 11.4. The third-order valence-corrected chi connectivity index (χ3v) is 2.67. The minimum absolute atomic E-state index is 0.106. The Balaban J connectivity index is 2.30. The predicted octanol–water partition coefficient (Wildman–Crippen LogP) is 2.53. The van der Waals surface area contributed by atoms with E-state index in [9.17, 15) is 5.21 Å². The summed E-state index contributed by atoms with van der Waals surface area (Å²) in [6, 6.07) is 0. The Kier molecular flexibility index (Phi) is 3.53. The van der Waals surface area contributed by atoms with Crippen LogP contribution in [0.4, 0.5) is 0 Å². The Bertz CT molecular complexity index is 120. The fraction of sp³-hybridized carbons (Fsp3) is 1.00. The van der Waals surface area contributed by atoms with Crippen LogP contribution in [0.15, 0.2) is 0 Å². The van der Waals surface area contributed by atoms with Crippen LogP contribution in [0.5, 0.6) is 0 Å². The van der Waals surface area contributed by atoms with Crippen molar-refractivity contribution in [1.29, 1.82) is 0 Å². The average molecular weight is 171 g/mol. The van der Waals surface area contributed by atoms with E-state index in [4.69, 9.17) is 0 Å². The van der Waals surface area contributed by atoms with Crippen LogP contribution < -0.4 is 0 Å². The van der Waals surface area contributed by atoms with E-state index in [0.717, 1.165) is 6.54 Å². The first-order valence-electron chi connectivity index (χ1n) is 5.12. The monoisotopic (exact) mass is 171 g/mol. The van der Waals surface area contributed by atoms with E-state index in [-0.39, 0.29) is 4.65 Å². The summed E-state index contributed by atoms with van der Waals surface area (Å²) in [6.07, 6.45) is 7.99. The van der Waals surface area contributed by atoms with Gasteiger partial charge in [0, 0.05) is 5.92 Å². The summed E-state index contributed by atoms with van der Waals surface area (Å²) in [6.45, 7) is 0.819. The van der Waals surface area contributed by atoms with Crippen LogP contribution in [0, 0.1) is 11.1 Å². The van der Waals surface area contributed by atoms with Crippen LogP contribution in [-0.4, -0.2) is 25.3 Å². The minimum Gasteiger partial charge on any atom is -0.633 e. The first-order valence-corrected chi connectivity index (χ1v) is 5.12. The molecule has 1 rings (SSSR count). The summed E-state index contributed by atoms with van der Waals surface area (Å²) in [7, 11) is 3.51. The maximum atomic E-state index is 11.4. The molecule has 0 unspecified atom stereocenters. The molecule has 0 aliphatic heterocycles. The molecular formula is C10H21NO. The lowest BCUT2D eigenvalue weighted by atomic mass is 10.00. The topological polar surface area (TPSA) is 23.1 Å². The Morgan fingerprint density at radius 1 is 1.08 bits per heavy atom. The van der Waals surface area contributed by atoms with Crippen LogP contribution in [0.1, 0.15) is 38.5 Å². The molecule has 0 spiro atoms. The van der Waals surface area contributed by atoms with Crippen molar-refractivity contribution in [2.45, 2.75) is 38.5 Å². The summed E-state index contributed by atoms with van der Waals surface area (Å²) in [5.74, 6) is 0.694. The molecule has 0 saturated heterocycles. The van der Waals surface area contributed by atoms with Gasteiger partial charge in [-0.3, -0.25) is 0 Å². The lowest BCUT2D eigenvalue weighted by Crippen LogP contribution is -2.37. The van der Waals surface area contributed by atoms with Gasteiger partial charge in [0.2, 0.25) is 0 Å². The van der Waals surface area contributed by atoms with E-state index in [2.05, 4.69) is 0 Å². The Labute approximate surface area is 75.7 Å². The smallest absolute Gasteiger partial charge is 0.0808 e. The molecule has 0 N–H and O–H groups in total. The van der Waals surface area contributed by atoms with Gasteiger partial charge in [0.05, 0.1) is 20.6 Å². The summed E-state index contributed by atoms with van der Waals surface area (Å²) >= 11 is 0. The van der Waals surface area contributed by atoms with E-state index in [1.807, 2.05) is 0 Å². The van der Waals surface area contributed by atoms with Gasteiger partial charge in [-0.05, 0) is 12.8 Å². The van der Waals surface area contributed by atoms with Crippen LogP contribution in [0.25, 0.3) is 0 Å². The van der Waals surface area contributed by atoms with E-state index < -0.39 is 0 Å². The van der Waals surface area contributed by atoms with Gasteiger partial charge in [0.1, 0.15) is 0 Å². The standard InChI is InChI=1S/C10H21NO/c1-11(2,12)9-10-7-5-3-4-6-8-10/h10H,3-9H2,1-2H3. The molecule has 1 aliphatic rings. The molecule has 12 heavy (non-hydrogen) atoms. The molecule has 1 fully saturated rings. The highest BCUT2D eigenvalue weighted by Gasteiger charge is 2.17. The Morgan fingerprint density at radius 2 is 1.58 bits per heavy atom. The molecule has 0 atom stereocenters.